The smallest absolute Gasteiger partial charge is 0.283 e. The van der Waals surface area contributed by atoms with Crippen LogP contribution in [0.2, 0.25) is 5.02 Å². The highest BCUT2D eigenvalue weighted by molar-refractivity contribution is 7.89. The molecule has 154 valence electrons. The lowest BCUT2D eigenvalue weighted by Crippen LogP contribution is -2.37. The van der Waals surface area contributed by atoms with Crippen LogP contribution in [0.25, 0.3) is 0 Å². The second kappa shape index (κ2) is 8.48. The molecular weight excluding hydrogens is 418 g/mol. The van der Waals surface area contributed by atoms with E-state index in [2.05, 4.69) is 12.2 Å². The van der Waals surface area contributed by atoms with Crippen molar-refractivity contribution in [3.63, 3.8) is 0 Å². The van der Waals surface area contributed by atoms with Gasteiger partial charge in [-0.3, -0.25) is 14.9 Å². The van der Waals surface area contributed by atoms with E-state index in [9.17, 15) is 23.3 Å². The topological polar surface area (TPSA) is 110 Å². The molecule has 0 spiro atoms. The first kappa shape index (κ1) is 21.2. The number of piperidine rings is 1. The van der Waals surface area contributed by atoms with Crippen molar-refractivity contribution in [1.82, 2.24) is 4.31 Å². The molecule has 1 heterocycles. The Morgan fingerprint density at radius 3 is 2.38 bits per heavy atom. The van der Waals surface area contributed by atoms with Crippen molar-refractivity contribution in [2.75, 3.05) is 18.4 Å². The summed E-state index contributed by atoms with van der Waals surface area (Å²) in [6.07, 6.45) is 1.65. The molecule has 29 heavy (non-hydrogen) atoms. The first-order chi connectivity index (χ1) is 13.7. The predicted octanol–water partition coefficient (Wildman–Crippen LogP) is 3.92. The van der Waals surface area contributed by atoms with Crippen molar-refractivity contribution in [1.29, 1.82) is 0 Å². The third-order valence-corrected chi connectivity index (χ3v) is 7.04. The maximum absolute atomic E-state index is 12.8. The number of nitrogens with one attached hydrogen (secondary N) is 1. The number of sulfonamides is 1. The van der Waals surface area contributed by atoms with Crippen LogP contribution in [-0.2, 0) is 10.0 Å². The summed E-state index contributed by atoms with van der Waals surface area (Å²) in [7, 11) is -3.59. The van der Waals surface area contributed by atoms with Crippen LogP contribution in [0.4, 0.5) is 11.4 Å². The van der Waals surface area contributed by atoms with Crippen LogP contribution in [0.3, 0.4) is 0 Å². The maximum Gasteiger partial charge on any atom is 0.283 e. The summed E-state index contributed by atoms with van der Waals surface area (Å²) < 4.78 is 27.0. The van der Waals surface area contributed by atoms with Crippen LogP contribution in [0, 0.1) is 16.0 Å². The van der Waals surface area contributed by atoms with E-state index in [1.807, 2.05) is 0 Å². The molecule has 1 aliphatic heterocycles. The molecule has 0 bridgehead atoms. The monoisotopic (exact) mass is 437 g/mol. The van der Waals surface area contributed by atoms with Crippen molar-refractivity contribution in [3.8, 4) is 0 Å². The van der Waals surface area contributed by atoms with Crippen molar-refractivity contribution in [3.05, 3.63) is 63.2 Å². The number of nitro benzene ring substituents is 1. The number of anilines is 1. The summed E-state index contributed by atoms with van der Waals surface area (Å²) in [5.41, 5.74) is -0.225. The molecule has 1 amide bonds. The van der Waals surface area contributed by atoms with Gasteiger partial charge in [0.25, 0.3) is 11.6 Å². The third kappa shape index (κ3) is 4.75. The molecule has 0 radical (unpaired) electrons. The summed E-state index contributed by atoms with van der Waals surface area (Å²) in [5.74, 6) is -0.176. The molecule has 2 aromatic rings. The number of hydrogen-bond acceptors (Lipinski definition) is 5. The third-order valence-electron chi connectivity index (χ3n) is 4.89. The first-order valence-corrected chi connectivity index (χ1v) is 10.9. The zero-order valence-corrected chi connectivity index (χ0v) is 17.2. The van der Waals surface area contributed by atoms with Gasteiger partial charge >= 0.3 is 0 Å². The summed E-state index contributed by atoms with van der Waals surface area (Å²) in [6, 6.07) is 9.51. The molecule has 10 heteroatoms. The van der Waals surface area contributed by atoms with Crippen LogP contribution in [0.5, 0.6) is 0 Å². The van der Waals surface area contributed by atoms with Gasteiger partial charge in [-0.15, -0.1) is 0 Å². The minimum absolute atomic E-state index is 0.140. The average molecular weight is 438 g/mol. The largest absolute Gasteiger partial charge is 0.322 e. The second-order valence-corrected chi connectivity index (χ2v) is 9.36. The van der Waals surface area contributed by atoms with E-state index in [1.54, 1.807) is 0 Å². The Morgan fingerprint density at radius 1 is 1.17 bits per heavy atom. The van der Waals surface area contributed by atoms with Gasteiger partial charge in [0.2, 0.25) is 10.0 Å². The van der Waals surface area contributed by atoms with Gasteiger partial charge in [-0.25, -0.2) is 8.42 Å². The fourth-order valence-electron chi connectivity index (χ4n) is 3.13. The minimum Gasteiger partial charge on any atom is -0.322 e. The van der Waals surface area contributed by atoms with Gasteiger partial charge in [0.15, 0.2) is 0 Å². The molecule has 0 unspecified atom stereocenters. The molecule has 0 aromatic heterocycles. The maximum atomic E-state index is 12.8. The number of benzene rings is 2. The zero-order chi connectivity index (χ0) is 21.2. The Labute approximate surface area is 173 Å². The quantitative estimate of drug-likeness (QED) is 0.563. The van der Waals surface area contributed by atoms with Gasteiger partial charge in [0.1, 0.15) is 5.56 Å². The van der Waals surface area contributed by atoms with Crippen LogP contribution in [0.1, 0.15) is 30.1 Å². The van der Waals surface area contributed by atoms with E-state index < -0.39 is 26.5 Å². The Kier molecular flexibility index (Phi) is 6.21. The highest BCUT2D eigenvalue weighted by atomic mass is 35.5. The number of hydrogen-bond donors (Lipinski definition) is 1. The molecule has 8 nitrogen and oxygen atoms in total. The lowest BCUT2D eigenvalue weighted by Gasteiger charge is -2.29. The summed E-state index contributed by atoms with van der Waals surface area (Å²) >= 11 is 5.76. The number of amides is 1. The summed E-state index contributed by atoms with van der Waals surface area (Å²) in [4.78, 5) is 23.0. The fourth-order valence-corrected chi connectivity index (χ4v) is 4.77. The van der Waals surface area contributed by atoms with Crippen molar-refractivity contribution >= 4 is 38.9 Å². The van der Waals surface area contributed by atoms with Gasteiger partial charge in [-0.05, 0) is 55.2 Å². The Hall–Kier alpha value is -2.49. The highest BCUT2D eigenvalue weighted by Gasteiger charge is 2.28. The van der Waals surface area contributed by atoms with Crippen LogP contribution < -0.4 is 5.32 Å². The lowest BCUT2D eigenvalue weighted by atomic mass is 10.0. The SMILES string of the molecule is CC1CCN(S(=O)(=O)c2ccc(NC(=O)c3ccc(Cl)cc3[N+](=O)[O-])cc2)CC1. The Balaban J connectivity index is 1.76. The fraction of sp³-hybridized carbons (Fsp3) is 0.316. The van der Waals surface area contributed by atoms with Crippen LogP contribution in [-0.4, -0.2) is 36.6 Å². The van der Waals surface area contributed by atoms with E-state index in [-0.39, 0.29) is 15.5 Å². The van der Waals surface area contributed by atoms with Gasteiger partial charge in [-0.2, -0.15) is 4.31 Å². The van der Waals surface area contributed by atoms with E-state index in [4.69, 9.17) is 11.6 Å². The molecule has 1 N–H and O–H groups in total. The average Bonchev–Trinajstić information content (AvgIpc) is 2.68. The first-order valence-electron chi connectivity index (χ1n) is 9.04. The normalized spacial score (nSPS) is 15.8. The van der Waals surface area contributed by atoms with Gasteiger partial charge < -0.3 is 5.32 Å². The number of nitrogens with zero attached hydrogens (tertiary/aromatic N) is 2. The van der Waals surface area contributed by atoms with Gasteiger partial charge in [-0.1, -0.05) is 18.5 Å². The zero-order valence-electron chi connectivity index (χ0n) is 15.7. The number of halogens is 1. The molecule has 1 aliphatic rings. The molecular formula is C19H20ClN3O5S. The standard InChI is InChI=1S/C19H20ClN3O5S/c1-13-8-10-22(11-9-13)29(27,28)16-5-3-15(4-6-16)21-19(24)17-7-2-14(20)12-18(17)23(25)26/h2-7,12-13H,8-11H2,1H3,(H,21,24). The molecule has 0 atom stereocenters. The Morgan fingerprint density at radius 2 is 1.79 bits per heavy atom. The van der Waals surface area contributed by atoms with E-state index in [0.717, 1.165) is 18.9 Å². The summed E-state index contributed by atoms with van der Waals surface area (Å²) in [5, 5.41) is 13.8. The van der Waals surface area contributed by atoms with Gasteiger partial charge in [0, 0.05) is 29.9 Å². The summed E-state index contributed by atoms with van der Waals surface area (Å²) in [6.45, 7) is 3.08. The number of carbonyl (C=O) groups is 1. The highest BCUT2D eigenvalue weighted by Crippen LogP contribution is 2.26. The van der Waals surface area contributed by atoms with Crippen LogP contribution in [0.15, 0.2) is 47.4 Å². The van der Waals surface area contributed by atoms with E-state index >= 15 is 0 Å². The molecule has 0 saturated carbocycles. The molecule has 0 aliphatic carbocycles. The molecule has 3 rings (SSSR count). The number of nitro groups is 1. The van der Waals surface area contributed by atoms with Crippen molar-refractivity contribution < 1.29 is 18.1 Å². The van der Waals surface area contributed by atoms with Crippen molar-refractivity contribution in [2.45, 2.75) is 24.7 Å². The van der Waals surface area contributed by atoms with Crippen LogP contribution >= 0.6 is 11.6 Å². The Bertz CT molecular complexity index is 1030. The minimum atomic E-state index is -3.59. The molecule has 2 aromatic carbocycles. The molecule has 1 saturated heterocycles. The predicted molar refractivity (Wildman–Crippen MR) is 110 cm³/mol. The lowest BCUT2D eigenvalue weighted by molar-refractivity contribution is -0.385. The van der Waals surface area contributed by atoms with E-state index in [0.29, 0.717) is 24.7 Å². The van der Waals surface area contributed by atoms with Crippen molar-refractivity contribution in [2.24, 2.45) is 5.92 Å². The van der Waals surface area contributed by atoms with E-state index in [1.165, 1.54) is 40.7 Å². The number of rotatable bonds is 5. The number of carbonyl (C=O) groups excluding carboxylic acids is 1. The second-order valence-electron chi connectivity index (χ2n) is 6.98. The van der Waals surface area contributed by atoms with Gasteiger partial charge in [0.05, 0.1) is 9.82 Å². The molecule has 1 fully saturated rings.